The molecule has 2 N–H and O–H groups in total. The highest BCUT2D eigenvalue weighted by molar-refractivity contribution is 6.10. The van der Waals surface area contributed by atoms with Crippen molar-refractivity contribution in [3.63, 3.8) is 0 Å². The van der Waals surface area contributed by atoms with Crippen molar-refractivity contribution >= 4 is 22.4 Å². The van der Waals surface area contributed by atoms with Crippen molar-refractivity contribution in [1.82, 2.24) is 10.4 Å². The van der Waals surface area contributed by atoms with Gasteiger partial charge in [-0.15, -0.1) is 0 Å². The summed E-state index contributed by atoms with van der Waals surface area (Å²) in [6.07, 6.45) is 1.66. The van der Waals surface area contributed by atoms with Crippen LogP contribution in [-0.4, -0.2) is 21.7 Å². The van der Waals surface area contributed by atoms with E-state index in [4.69, 9.17) is 0 Å². The zero-order chi connectivity index (χ0) is 16.2. The van der Waals surface area contributed by atoms with E-state index >= 15 is 0 Å². The van der Waals surface area contributed by atoms with Gasteiger partial charge in [-0.2, -0.15) is 5.10 Å². The van der Waals surface area contributed by atoms with E-state index in [1.807, 2.05) is 30.3 Å². The summed E-state index contributed by atoms with van der Waals surface area (Å²) in [7, 11) is 0. The van der Waals surface area contributed by atoms with Crippen molar-refractivity contribution < 1.29 is 9.90 Å². The Kier molecular flexibility index (Phi) is 4.01. The molecule has 3 rings (SSSR count). The molecule has 0 saturated carbocycles. The predicted molar refractivity (Wildman–Crippen MR) is 89.5 cm³/mol. The second-order valence-corrected chi connectivity index (χ2v) is 5.03. The molecule has 0 bridgehead atoms. The van der Waals surface area contributed by atoms with Gasteiger partial charge < -0.3 is 5.11 Å². The maximum absolute atomic E-state index is 12.4. The van der Waals surface area contributed by atoms with Crippen LogP contribution in [0, 0.1) is 0 Å². The highest BCUT2D eigenvalue weighted by atomic mass is 16.3. The number of phenols is 1. The monoisotopic (exact) mass is 305 g/mol. The van der Waals surface area contributed by atoms with Gasteiger partial charge in [-0.05, 0) is 35.9 Å². The van der Waals surface area contributed by atoms with E-state index in [0.29, 0.717) is 16.8 Å². The molecule has 0 aliphatic carbocycles. The van der Waals surface area contributed by atoms with Crippen molar-refractivity contribution in [1.29, 1.82) is 0 Å². The number of rotatable bonds is 3. The minimum atomic E-state index is -0.463. The quantitative estimate of drug-likeness (QED) is 0.577. The Morgan fingerprint density at radius 1 is 1.09 bits per heavy atom. The molecule has 5 nitrogen and oxygen atoms in total. The van der Waals surface area contributed by atoms with E-state index in [2.05, 4.69) is 15.5 Å². The lowest BCUT2D eigenvalue weighted by Gasteiger charge is -2.08. The zero-order valence-electron chi connectivity index (χ0n) is 12.5. The Labute approximate surface area is 133 Å². The van der Waals surface area contributed by atoms with Crippen LogP contribution in [0.2, 0.25) is 0 Å². The Morgan fingerprint density at radius 3 is 2.65 bits per heavy atom. The number of aromatic hydroxyl groups is 1. The molecule has 1 amide bonds. The van der Waals surface area contributed by atoms with Gasteiger partial charge in [0.05, 0.1) is 17.0 Å². The second-order valence-electron chi connectivity index (χ2n) is 5.03. The molecule has 114 valence electrons. The van der Waals surface area contributed by atoms with Crippen LogP contribution in [0.5, 0.6) is 5.75 Å². The van der Waals surface area contributed by atoms with E-state index in [1.54, 1.807) is 31.3 Å². The van der Waals surface area contributed by atoms with Gasteiger partial charge in [0.2, 0.25) is 0 Å². The number of hydrazone groups is 1. The number of carbonyl (C=O) groups is 1. The highest BCUT2D eigenvalue weighted by Crippen LogP contribution is 2.26. The molecule has 0 radical (unpaired) electrons. The molecule has 0 unspecified atom stereocenters. The Bertz CT molecular complexity index is 889. The number of benzene rings is 2. The first kappa shape index (κ1) is 14.7. The van der Waals surface area contributed by atoms with Crippen LogP contribution in [0.25, 0.3) is 10.8 Å². The molecule has 0 aliphatic heterocycles. The molecular weight excluding hydrogens is 290 g/mol. The fourth-order valence-electron chi connectivity index (χ4n) is 2.32. The number of phenolic OH excluding ortho intramolecular Hbond substituents is 1. The molecule has 0 atom stereocenters. The number of hydrogen-bond donors (Lipinski definition) is 2. The lowest BCUT2D eigenvalue weighted by Crippen LogP contribution is -2.20. The van der Waals surface area contributed by atoms with Gasteiger partial charge in [0.25, 0.3) is 5.91 Å². The van der Waals surface area contributed by atoms with Gasteiger partial charge in [0, 0.05) is 6.20 Å². The largest absolute Gasteiger partial charge is 0.507 e. The van der Waals surface area contributed by atoms with E-state index in [-0.39, 0.29) is 11.3 Å². The smallest absolute Gasteiger partial charge is 0.275 e. The lowest BCUT2D eigenvalue weighted by molar-refractivity contribution is 0.0954. The van der Waals surface area contributed by atoms with E-state index in [1.165, 1.54) is 6.07 Å². The van der Waals surface area contributed by atoms with Crippen LogP contribution in [0.3, 0.4) is 0 Å². The molecule has 3 aromatic rings. The average Bonchev–Trinajstić information content (AvgIpc) is 2.60. The number of nitrogens with zero attached hydrogens (tertiary/aromatic N) is 2. The minimum absolute atomic E-state index is 0.0770. The minimum Gasteiger partial charge on any atom is -0.507 e. The summed E-state index contributed by atoms with van der Waals surface area (Å²) in [5.74, 6) is -0.540. The maximum Gasteiger partial charge on any atom is 0.275 e. The molecule has 5 heteroatoms. The first-order valence-electron chi connectivity index (χ1n) is 7.13. The van der Waals surface area contributed by atoms with Crippen molar-refractivity contribution in [3.05, 3.63) is 72.1 Å². The first-order valence-corrected chi connectivity index (χ1v) is 7.13. The van der Waals surface area contributed by atoms with E-state index < -0.39 is 5.91 Å². The summed E-state index contributed by atoms with van der Waals surface area (Å²) in [4.78, 5) is 16.6. The van der Waals surface area contributed by atoms with Gasteiger partial charge in [0.1, 0.15) is 5.75 Å². The fourth-order valence-corrected chi connectivity index (χ4v) is 2.32. The maximum atomic E-state index is 12.4. The molecule has 1 aromatic heterocycles. The number of carbonyl (C=O) groups excluding carboxylic acids is 1. The third-order valence-corrected chi connectivity index (χ3v) is 3.49. The SMILES string of the molecule is CC(=NNC(=O)c1c(O)ccc2ccccc12)c1ccccn1. The molecule has 0 saturated heterocycles. The van der Waals surface area contributed by atoms with Crippen LogP contribution in [0.4, 0.5) is 0 Å². The molecule has 0 fully saturated rings. The van der Waals surface area contributed by atoms with Crippen LogP contribution < -0.4 is 5.43 Å². The van der Waals surface area contributed by atoms with Crippen LogP contribution in [0.15, 0.2) is 65.9 Å². The van der Waals surface area contributed by atoms with E-state index in [0.717, 1.165) is 5.39 Å². The Morgan fingerprint density at radius 2 is 1.87 bits per heavy atom. The lowest BCUT2D eigenvalue weighted by atomic mass is 10.0. The Hall–Kier alpha value is -3.21. The van der Waals surface area contributed by atoms with Crippen molar-refractivity contribution in [3.8, 4) is 5.75 Å². The summed E-state index contributed by atoms with van der Waals surface area (Å²) < 4.78 is 0. The summed E-state index contributed by atoms with van der Waals surface area (Å²) >= 11 is 0. The predicted octanol–water partition coefficient (Wildman–Crippen LogP) is 3.09. The molecule has 0 aliphatic rings. The number of amides is 1. The van der Waals surface area contributed by atoms with Gasteiger partial charge in [-0.3, -0.25) is 9.78 Å². The topological polar surface area (TPSA) is 74.6 Å². The third kappa shape index (κ3) is 3.03. The molecule has 0 spiro atoms. The first-order chi connectivity index (χ1) is 11.2. The summed E-state index contributed by atoms with van der Waals surface area (Å²) in [6.45, 7) is 1.76. The third-order valence-electron chi connectivity index (χ3n) is 3.49. The standard InChI is InChI=1S/C18H15N3O2/c1-12(15-8-4-5-11-19-15)20-21-18(23)17-14-7-3-2-6-13(14)9-10-16(17)22/h2-11,22H,1H3,(H,21,23). The summed E-state index contributed by atoms with van der Waals surface area (Å²) in [5.41, 5.74) is 3.95. The number of fused-ring (bicyclic) bond motifs is 1. The summed E-state index contributed by atoms with van der Waals surface area (Å²) in [5, 5.41) is 15.7. The highest BCUT2D eigenvalue weighted by Gasteiger charge is 2.14. The Balaban J connectivity index is 1.91. The average molecular weight is 305 g/mol. The van der Waals surface area contributed by atoms with Gasteiger partial charge in [-0.25, -0.2) is 5.43 Å². The van der Waals surface area contributed by atoms with Crippen molar-refractivity contribution in [2.45, 2.75) is 6.92 Å². The summed E-state index contributed by atoms with van der Waals surface area (Å²) in [6, 6.07) is 16.1. The number of hydrogen-bond acceptors (Lipinski definition) is 4. The van der Waals surface area contributed by atoms with E-state index in [9.17, 15) is 9.90 Å². The van der Waals surface area contributed by atoms with Gasteiger partial charge >= 0.3 is 0 Å². The molecule has 23 heavy (non-hydrogen) atoms. The molecule has 2 aromatic carbocycles. The second kappa shape index (κ2) is 6.27. The number of nitrogens with one attached hydrogen (secondary N) is 1. The number of pyridine rings is 1. The molecular formula is C18H15N3O2. The fraction of sp³-hybridized carbons (Fsp3) is 0.0556. The van der Waals surface area contributed by atoms with Crippen LogP contribution >= 0.6 is 0 Å². The van der Waals surface area contributed by atoms with Crippen molar-refractivity contribution in [2.75, 3.05) is 0 Å². The normalized spacial score (nSPS) is 11.4. The van der Waals surface area contributed by atoms with Crippen molar-refractivity contribution in [2.24, 2.45) is 5.10 Å². The van der Waals surface area contributed by atoms with Crippen LogP contribution in [-0.2, 0) is 0 Å². The van der Waals surface area contributed by atoms with Crippen LogP contribution in [0.1, 0.15) is 23.0 Å². The number of aromatic nitrogens is 1. The van der Waals surface area contributed by atoms with Gasteiger partial charge in [0.15, 0.2) is 0 Å². The zero-order valence-corrected chi connectivity index (χ0v) is 12.5. The molecule has 1 heterocycles. The van der Waals surface area contributed by atoms with Gasteiger partial charge in [-0.1, -0.05) is 36.4 Å².